The Hall–Kier alpha value is -3.72. The molecule has 0 spiro atoms. The zero-order valence-corrected chi connectivity index (χ0v) is 20.4. The van der Waals surface area contributed by atoms with Crippen molar-refractivity contribution in [3.05, 3.63) is 87.7 Å². The molecule has 1 heterocycles. The van der Waals surface area contributed by atoms with Gasteiger partial charge in [0.25, 0.3) is 17.7 Å². The third-order valence-corrected chi connectivity index (χ3v) is 5.96. The van der Waals surface area contributed by atoms with Crippen molar-refractivity contribution in [1.29, 1.82) is 0 Å². The monoisotopic (exact) mass is 477 g/mol. The van der Waals surface area contributed by atoms with Crippen molar-refractivity contribution in [2.45, 2.75) is 38.6 Å². The molecule has 3 aromatic rings. The van der Waals surface area contributed by atoms with E-state index in [-0.39, 0.29) is 12.5 Å². The van der Waals surface area contributed by atoms with E-state index in [9.17, 15) is 14.4 Å². The fourth-order valence-corrected chi connectivity index (χ4v) is 3.95. The molecule has 3 rings (SSSR count). The van der Waals surface area contributed by atoms with Crippen LogP contribution in [-0.4, -0.2) is 34.2 Å². The van der Waals surface area contributed by atoms with Crippen LogP contribution in [0.1, 0.15) is 48.8 Å². The average molecular weight is 478 g/mol. The lowest BCUT2D eigenvalue weighted by Crippen LogP contribution is -2.46. The first-order valence-electron chi connectivity index (χ1n) is 10.7. The maximum atomic E-state index is 12.3. The highest BCUT2D eigenvalue weighted by molar-refractivity contribution is 7.98. The van der Waals surface area contributed by atoms with E-state index in [1.165, 1.54) is 11.8 Å². The zero-order chi connectivity index (χ0) is 24.7. The standard InChI is InChI=1S/C25H27N5O3S/c1-15-5-8-21(11-16(15)2)23(32)26-13-22(31)29-30-24(33)20-9-6-19(7-10-20)14-34-25-27-17(3)12-18(4)28-25/h5-12H,13-14H2,1-4H3,(H,26,32)(H,29,31)(H,30,33). The van der Waals surface area contributed by atoms with E-state index in [1.54, 1.807) is 24.3 Å². The van der Waals surface area contributed by atoms with Gasteiger partial charge in [0.2, 0.25) is 0 Å². The van der Waals surface area contributed by atoms with Crippen molar-refractivity contribution < 1.29 is 14.4 Å². The van der Waals surface area contributed by atoms with Crippen LogP contribution >= 0.6 is 11.8 Å². The second kappa shape index (κ2) is 11.4. The van der Waals surface area contributed by atoms with Crippen molar-refractivity contribution in [2.75, 3.05) is 6.54 Å². The molecule has 0 saturated heterocycles. The molecular formula is C25H27N5O3S. The summed E-state index contributed by atoms with van der Waals surface area (Å²) in [6, 6.07) is 14.3. The van der Waals surface area contributed by atoms with E-state index in [0.29, 0.717) is 22.0 Å². The van der Waals surface area contributed by atoms with Crippen LogP contribution in [0.4, 0.5) is 0 Å². The van der Waals surface area contributed by atoms with Gasteiger partial charge in [-0.3, -0.25) is 25.2 Å². The van der Waals surface area contributed by atoms with Crippen LogP contribution in [0.2, 0.25) is 0 Å². The SMILES string of the molecule is Cc1cc(C)nc(SCc2ccc(C(=O)NNC(=O)CNC(=O)c3ccc(C)c(C)c3)cc2)n1. The van der Waals surface area contributed by atoms with Gasteiger partial charge in [0, 0.05) is 28.3 Å². The molecule has 9 heteroatoms. The van der Waals surface area contributed by atoms with Crippen LogP contribution < -0.4 is 16.2 Å². The highest BCUT2D eigenvalue weighted by Crippen LogP contribution is 2.20. The Bertz CT molecular complexity index is 1190. The fourth-order valence-electron chi connectivity index (χ4n) is 3.05. The van der Waals surface area contributed by atoms with Gasteiger partial charge in [0.05, 0.1) is 6.54 Å². The third kappa shape index (κ3) is 7.14. The third-order valence-electron chi connectivity index (χ3n) is 5.04. The Balaban J connectivity index is 1.43. The summed E-state index contributed by atoms with van der Waals surface area (Å²) in [5, 5.41) is 3.25. The fraction of sp³-hybridized carbons (Fsp3) is 0.240. The van der Waals surface area contributed by atoms with Crippen molar-refractivity contribution >= 4 is 29.5 Å². The number of rotatable bonds is 7. The minimum absolute atomic E-state index is 0.261. The van der Waals surface area contributed by atoms with Gasteiger partial charge in [-0.05, 0) is 74.7 Å². The highest BCUT2D eigenvalue weighted by Gasteiger charge is 2.11. The maximum absolute atomic E-state index is 12.3. The van der Waals surface area contributed by atoms with E-state index in [2.05, 4.69) is 26.1 Å². The maximum Gasteiger partial charge on any atom is 0.269 e. The van der Waals surface area contributed by atoms with Gasteiger partial charge in [-0.1, -0.05) is 30.0 Å². The Kier molecular flexibility index (Phi) is 8.37. The first kappa shape index (κ1) is 24.9. The van der Waals surface area contributed by atoms with Crippen LogP contribution in [0.25, 0.3) is 0 Å². The molecule has 0 fully saturated rings. The minimum atomic E-state index is -0.535. The second-order valence-electron chi connectivity index (χ2n) is 7.90. The van der Waals surface area contributed by atoms with Crippen molar-refractivity contribution in [1.82, 2.24) is 26.1 Å². The summed E-state index contributed by atoms with van der Waals surface area (Å²) in [6.45, 7) is 7.48. The van der Waals surface area contributed by atoms with Gasteiger partial charge in [-0.25, -0.2) is 9.97 Å². The Morgan fingerprint density at radius 2 is 1.41 bits per heavy atom. The number of carbonyl (C=O) groups excluding carboxylic acids is 3. The molecule has 3 amide bonds. The number of hydrogen-bond acceptors (Lipinski definition) is 6. The molecule has 34 heavy (non-hydrogen) atoms. The quantitative estimate of drug-likeness (QED) is 0.274. The number of aromatic nitrogens is 2. The number of amides is 3. The molecular weight excluding hydrogens is 450 g/mol. The molecule has 0 saturated carbocycles. The summed E-state index contributed by atoms with van der Waals surface area (Å²) < 4.78 is 0. The molecule has 0 aliphatic heterocycles. The molecule has 0 unspecified atom stereocenters. The van der Waals surface area contributed by atoms with Crippen molar-refractivity contribution in [3.8, 4) is 0 Å². The molecule has 0 radical (unpaired) electrons. The van der Waals surface area contributed by atoms with Gasteiger partial charge in [0.1, 0.15) is 0 Å². The summed E-state index contributed by atoms with van der Waals surface area (Å²) >= 11 is 1.52. The number of carbonyl (C=O) groups is 3. The number of hydrazine groups is 1. The smallest absolute Gasteiger partial charge is 0.269 e. The predicted octanol–water partition coefficient (Wildman–Crippen LogP) is 3.19. The van der Waals surface area contributed by atoms with Crippen LogP contribution in [0.5, 0.6) is 0 Å². The number of aryl methyl sites for hydroxylation is 4. The summed E-state index contributed by atoms with van der Waals surface area (Å²) in [4.78, 5) is 45.3. The lowest BCUT2D eigenvalue weighted by molar-refractivity contribution is -0.120. The highest BCUT2D eigenvalue weighted by atomic mass is 32.2. The predicted molar refractivity (Wildman–Crippen MR) is 131 cm³/mol. The summed E-state index contributed by atoms with van der Waals surface area (Å²) in [7, 11) is 0. The molecule has 0 aliphatic rings. The van der Waals surface area contributed by atoms with Gasteiger partial charge < -0.3 is 5.32 Å². The molecule has 2 aromatic carbocycles. The summed E-state index contributed by atoms with van der Waals surface area (Å²) in [5.41, 5.74) is 10.5. The van der Waals surface area contributed by atoms with Gasteiger partial charge >= 0.3 is 0 Å². The van der Waals surface area contributed by atoms with E-state index >= 15 is 0 Å². The topological polar surface area (TPSA) is 113 Å². The van der Waals surface area contributed by atoms with Gasteiger partial charge in [-0.15, -0.1) is 0 Å². The van der Waals surface area contributed by atoms with Gasteiger partial charge in [0.15, 0.2) is 5.16 Å². The van der Waals surface area contributed by atoms with E-state index < -0.39 is 11.8 Å². The first-order chi connectivity index (χ1) is 16.2. The van der Waals surface area contributed by atoms with E-state index in [1.807, 2.05) is 52.0 Å². The summed E-state index contributed by atoms with van der Waals surface area (Å²) in [5.74, 6) is -0.677. The molecule has 8 nitrogen and oxygen atoms in total. The Morgan fingerprint density at radius 1 is 0.765 bits per heavy atom. The van der Waals surface area contributed by atoms with Crippen molar-refractivity contribution in [3.63, 3.8) is 0 Å². The number of benzene rings is 2. The van der Waals surface area contributed by atoms with Crippen LogP contribution in [0.15, 0.2) is 53.7 Å². The van der Waals surface area contributed by atoms with E-state index in [4.69, 9.17) is 0 Å². The van der Waals surface area contributed by atoms with Crippen LogP contribution in [0.3, 0.4) is 0 Å². The summed E-state index contributed by atoms with van der Waals surface area (Å²) in [6.07, 6.45) is 0. The lowest BCUT2D eigenvalue weighted by Gasteiger charge is -2.10. The first-order valence-corrected chi connectivity index (χ1v) is 11.7. The van der Waals surface area contributed by atoms with Crippen molar-refractivity contribution in [2.24, 2.45) is 0 Å². The number of nitrogens with zero attached hydrogens (tertiary/aromatic N) is 2. The molecule has 3 N–H and O–H groups in total. The second-order valence-corrected chi connectivity index (χ2v) is 8.85. The molecule has 0 aliphatic carbocycles. The zero-order valence-electron chi connectivity index (χ0n) is 19.6. The molecule has 176 valence electrons. The number of hydrogen-bond donors (Lipinski definition) is 3. The lowest BCUT2D eigenvalue weighted by atomic mass is 10.1. The average Bonchev–Trinajstić information content (AvgIpc) is 2.81. The minimum Gasteiger partial charge on any atom is -0.343 e. The number of nitrogens with one attached hydrogen (secondary N) is 3. The number of thioether (sulfide) groups is 1. The molecule has 0 bridgehead atoms. The Labute approximate surface area is 202 Å². The largest absolute Gasteiger partial charge is 0.343 e. The van der Waals surface area contributed by atoms with Crippen LogP contribution in [-0.2, 0) is 10.5 Å². The molecule has 1 aromatic heterocycles. The van der Waals surface area contributed by atoms with Gasteiger partial charge in [-0.2, -0.15) is 0 Å². The van der Waals surface area contributed by atoms with E-state index in [0.717, 1.165) is 28.1 Å². The van der Waals surface area contributed by atoms with Crippen LogP contribution in [0, 0.1) is 27.7 Å². The Morgan fingerprint density at radius 3 is 2.06 bits per heavy atom. The molecule has 0 atom stereocenters. The normalized spacial score (nSPS) is 10.5.